The van der Waals surface area contributed by atoms with Crippen LogP contribution in [0.15, 0.2) is 119 Å². The molecule has 0 saturated heterocycles. The van der Waals surface area contributed by atoms with E-state index in [4.69, 9.17) is 4.74 Å². The molecule has 1 heterocycles. The number of methoxy groups -OCH3 is 1. The fourth-order valence-electron chi connectivity index (χ4n) is 4.20. The summed E-state index contributed by atoms with van der Waals surface area (Å²) in [6.07, 6.45) is 1.58. The number of amides is 3. The van der Waals surface area contributed by atoms with E-state index in [0.717, 1.165) is 10.5 Å². The summed E-state index contributed by atoms with van der Waals surface area (Å²) < 4.78 is 18.5. The number of anilines is 2. The van der Waals surface area contributed by atoms with Gasteiger partial charge >= 0.3 is 0 Å². The van der Waals surface area contributed by atoms with Gasteiger partial charge in [0.15, 0.2) is 5.13 Å². The molecule has 46 heavy (non-hydrogen) atoms. The van der Waals surface area contributed by atoms with Crippen LogP contribution >= 0.6 is 23.1 Å². The Kier molecular flexibility index (Phi) is 10.6. The van der Waals surface area contributed by atoms with Crippen molar-refractivity contribution >= 4 is 57.7 Å². The highest BCUT2D eigenvalue weighted by Gasteiger charge is 2.18. The summed E-state index contributed by atoms with van der Waals surface area (Å²) in [5.74, 6) is -0.867. The minimum atomic E-state index is -0.510. The molecule has 5 rings (SSSR count). The molecule has 4 aromatic carbocycles. The van der Waals surface area contributed by atoms with Gasteiger partial charge in [-0.2, -0.15) is 0 Å². The first-order valence-corrected chi connectivity index (χ1v) is 15.9. The number of nitrogens with zero attached hydrogens (tertiary/aromatic N) is 1. The second-order valence-electron chi connectivity index (χ2n) is 9.93. The van der Waals surface area contributed by atoms with E-state index in [0.29, 0.717) is 33.4 Å². The number of carbonyl (C=O) groups excluding carboxylic acids is 3. The first-order valence-electron chi connectivity index (χ1n) is 14.1. The Hall–Kier alpha value is -5.26. The van der Waals surface area contributed by atoms with E-state index in [1.807, 2.05) is 0 Å². The number of hydrogen-bond acceptors (Lipinski definition) is 7. The zero-order chi connectivity index (χ0) is 32.5. The molecule has 1 atom stereocenters. The van der Waals surface area contributed by atoms with E-state index < -0.39 is 17.1 Å². The summed E-state index contributed by atoms with van der Waals surface area (Å²) in [4.78, 5) is 44.4. The van der Waals surface area contributed by atoms with Crippen LogP contribution in [0.5, 0.6) is 5.75 Å². The lowest BCUT2D eigenvalue weighted by molar-refractivity contribution is -0.115. The molecule has 0 radical (unpaired) electrons. The fourth-order valence-corrected chi connectivity index (χ4v) is 5.79. The smallest absolute Gasteiger partial charge is 0.272 e. The molecular formula is C35H29FN4O4S2. The van der Waals surface area contributed by atoms with Crippen LogP contribution in [0.4, 0.5) is 15.2 Å². The van der Waals surface area contributed by atoms with E-state index in [-0.39, 0.29) is 17.4 Å². The van der Waals surface area contributed by atoms with Crippen molar-refractivity contribution in [1.82, 2.24) is 10.3 Å². The molecule has 1 unspecified atom stereocenters. The third-order valence-electron chi connectivity index (χ3n) is 6.60. The number of benzene rings is 4. The molecule has 0 spiro atoms. The van der Waals surface area contributed by atoms with E-state index in [1.54, 1.807) is 116 Å². The van der Waals surface area contributed by atoms with Crippen LogP contribution in [-0.4, -0.2) is 35.1 Å². The molecule has 11 heteroatoms. The Labute approximate surface area is 273 Å². The number of carbonyl (C=O) groups is 3. The average Bonchev–Trinajstić information content (AvgIpc) is 3.54. The number of ether oxygens (including phenoxy) is 1. The summed E-state index contributed by atoms with van der Waals surface area (Å²) >= 11 is 2.64. The van der Waals surface area contributed by atoms with Gasteiger partial charge in [0.25, 0.3) is 11.8 Å². The van der Waals surface area contributed by atoms with E-state index in [1.165, 1.54) is 35.2 Å². The topological polar surface area (TPSA) is 109 Å². The van der Waals surface area contributed by atoms with Gasteiger partial charge in [0.2, 0.25) is 5.91 Å². The molecule has 8 nitrogen and oxygen atoms in total. The Morgan fingerprint density at radius 2 is 1.65 bits per heavy atom. The van der Waals surface area contributed by atoms with Crippen molar-refractivity contribution in [2.75, 3.05) is 17.7 Å². The molecular weight excluding hydrogens is 624 g/mol. The maximum Gasteiger partial charge on any atom is 0.272 e. The summed E-state index contributed by atoms with van der Waals surface area (Å²) in [5, 5.41) is 10.2. The molecule has 0 bridgehead atoms. The van der Waals surface area contributed by atoms with Gasteiger partial charge in [-0.15, -0.1) is 23.1 Å². The molecule has 0 fully saturated rings. The lowest BCUT2D eigenvalue weighted by Crippen LogP contribution is -2.30. The normalized spacial score (nSPS) is 11.8. The summed E-state index contributed by atoms with van der Waals surface area (Å²) in [7, 11) is 1.55. The Bertz CT molecular complexity index is 1860. The Morgan fingerprint density at radius 1 is 0.913 bits per heavy atom. The van der Waals surface area contributed by atoms with E-state index in [2.05, 4.69) is 20.9 Å². The quantitative estimate of drug-likeness (QED) is 0.101. The van der Waals surface area contributed by atoms with Crippen LogP contribution < -0.4 is 20.7 Å². The van der Waals surface area contributed by atoms with Crippen molar-refractivity contribution < 1.29 is 23.5 Å². The van der Waals surface area contributed by atoms with Crippen molar-refractivity contribution in [3.8, 4) is 17.0 Å². The molecule has 0 saturated carbocycles. The standard InChI is InChI=1S/C35H29FN4O4S2/c1-22(32(41)40-35-39-31(21-45-35)24-11-13-26(36)14-12-24)46-29-17-15-27(16-18-29)37-34(43)30(20-23-7-6-10-28(19-23)44-2)38-33(42)25-8-4-3-5-9-25/h3-22H,1-2H3,(H,37,43)(H,38,42)(H,39,40,41)/b30-20-. The first kappa shape index (κ1) is 32.1. The van der Waals surface area contributed by atoms with Crippen molar-refractivity contribution in [3.63, 3.8) is 0 Å². The minimum absolute atomic E-state index is 0.0515. The van der Waals surface area contributed by atoms with Crippen molar-refractivity contribution in [1.29, 1.82) is 0 Å². The van der Waals surface area contributed by atoms with Crippen LogP contribution in [0.1, 0.15) is 22.8 Å². The molecule has 3 N–H and O–H groups in total. The predicted molar refractivity (Wildman–Crippen MR) is 181 cm³/mol. The summed E-state index contributed by atoms with van der Waals surface area (Å²) in [6.45, 7) is 1.79. The largest absolute Gasteiger partial charge is 0.497 e. The number of aromatic nitrogens is 1. The second-order valence-corrected chi connectivity index (χ2v) is 12.2. The lowest BCUT2D eigenvalue weighted by Gasteiger charge is -2.13. The number of thiazole rings is 1. The fraction of sp³-hybridized carbons (Fsp3) is 0.0857. The molecule has 0 aliphatic rings. The van der Waals surface area contributed by atoms with Crippen LogP contribution in [0, 0.1) is 5.82 Å². The highest BCUT2D eigenvalue weighted by Crippen LogP contribution is 2.28. The van der Waals surface area contributed by atoms with Gasteiger partial charge in [-0.05, 0) is 91.4 Å². The maximum absolute atomic E-state index is 13.4. The van der Waals surface area contributed by atoms with Gasteiger partial charge in [-0.1, -0.05) is 30.3 Å². The molecule has 232 valence electrons. The molecule has 3 amide bonds. The number of rotatable bonds is 11. The second kappa shape index (κ2) is 15.2. The van der Waals surface area contributed by atoms with Crippen LogP contribution in [0.25, 0.3) is 17.3 Å². The summed E-state index contributed by atoms with van der Waals surface area (Å²) in [6, 6.07) is 28.8. The predicted octanol–water partition coefficient (Wildman–Crippen LogP) is 7.49. The van der Waals surface area contributed by atoms with Gasteiger partial charge in [0.1, 0.15) is 17.3 Å². The number of hydrogen-bond donors (Lipinski definition) is 3. The van der Waals surface area contributed by atoms with Gasteiger partial charge in [-0.3, -0.25) is 14.4 Å². The molecule has 1 aromatic heterocycles. The number of thioether (sulfide) groups is 1. The van der Waals surface area contributed by atoms with Crippen molar-refractivity contribution in [2.45, 2.75) is 17.1 Å². The Morgan fingerprint density at radius 3 is 2.37 bits per heavy atom. The maximum atomic E-state index is 13.4. The monoisotopic (exact) mass is 652 g/mol. The molecule has 5 aromatic rings. The zero-order valence-electron chi connectivity index (χ0n) is 24.8. The zero-order valence-corrected chi connectivity index (χ0v) is 26.5. The van der Waals surface area contributed by atoms with E-state index >= 15 is 0 Å². The number of nitrogens with one attached hydrogen (secondary N) is 3. The third kappa shape index (κ3) is 8.68. The average molecular weight is 653 g/mol. The van der Waals surface area contributed by atoms with Crippen LogP contribution in [0.3, 0.4) is 0 Å². The first-order chi connectivity index (χ1) is 22.3. The van der Waals surface area contributed by atoms with Gasteiger partial charge in [0, 0.05) is 27.1 Å². The van der Waals surface area contributed by atoms with Gasteiger partial charge < -0.3 is 20.7 Å². The van der Waals surface area contributed by atoms with Crippen LogP contribution in [-0.2, 0) is 9.59 Å². The number of halogens is 1. The third-order valence-corrected chi connectivity index (χ3v) is 8.47. The van der Waals surface area contributed by atoms with Crippen molar-refractivity contribution in [3.05, 3.63) is 131 Å². The highest BCUT2D eigenvalue weighted by atomic mass is 32.2. The van der Waals surface area contributed by atoms with E-state index in [9.17, 15) is 18.8 Å². The highest BCUT2D eigenvalue weighted by molar-refractivity contribution is 8.00. The minimum Gasteiger partial charge on any atom is -0.497 e. The van der Waals surface area contributed by atoms with Gasteiger partial charge in [0.05, 0.1) is 18.1 Å². The van der Waals surface area contributed by atoms with Crippen molar-refractivity contribution in [2.24, 2.45) is 0 Å². The SMILES string of the molecule is COc1cccc(/C=C(\NC(=O)c2ccccc2)C(=O)Nc2ccc(SC(C)C(=O)Nc3nc(-c4ccc(F)cc4)cs3)cc2)c1. The molecule has 0 aliphatic carbocycles. The van der Waals surface area contributed by atoms with Crippen LogP contribution in [0.2, 0.25) is 0 Å². The lowest BCUT2D eigenvalue weighted by atomic mass is 10.1. The van der Waals surface area contributed by atoms with Gasteiger partial charge in [-0.25, -0.2) is 9.37 Å². The summed E-state index contributed by atoms with van der Waals surface area (Å²) in [5.41, 5.74) is 3.05. The Balaban J connectivity index is 1.22. The molecule has 0 aliphatic heterocycles.